The minimum absolute atomic E-state index is 0.000654. The van der Waals surface area contributed by atoms with E-state index in [1.54, 1.807) is 36.4 Å². The monoisotopic (exact) mass is 416 g/mol. The Bertz CT molecular complexity index is 969. The van der Waals surface area contributed by atoms with Gasteiger partial charge >= 0.3 is 0 Å². The van der Waals surface area contributed by atoms with Gasteiger partial charge in [-0.1, -0.05) is 43.5 Å². The van der Waals surface area contributed by atoms with Gasteiger partial charge < -0.3 is 9.47 Å². The van der Waals surface area contributed by atoms with Gasteiger partial charge in [-0.05, 0) is 48.6 Å². The van der Waals surface area contributed by atoms with E-state index in [1.807, 2.05) is 12.1 Å². The third kappa shape index (κ3) is 4.54. The van der Waals surface area contributed by atoms with E-state index >= 15 is 0 Å². The Morgan fingerprint density at radius 3 is 2.34 bits per heavy atom. The summed E-state index contributed by atoms with van der Waals surface area (Å²) in [7, 11) is -3.88. The van der Waals surface area contributed by atoms with Crippen molar-refractivity contribution < 1.29 is 22.7 Å². The quantitative estimate of drug-likeness (QED) is 0.731. The molecule has 0 bridgehead atoms. The second kappa shape index (κ2) is 8.42. The highest BCUT2D eigenvalue weighted by Gasteiger charge is 2.28. The van der Waals surface area contributed by atoms with E-state index in [0.29, 0.717) is 17.4 Å². The largest absolute Gasteiger partial charge is 0.485 e. The van der Waals surface area contributed by atoms with E-state index in [2.05, 4.69) is 10.3 Å². The number of carbonyl (C=O) groups excluding carboxylic acids is 1. The number of carbonyl (C=O) groups is 1. The Labute approximate surface area is 170 Å². The second-order valence-corrected chi connectivity index (χ2v) is 9.05. The number of rotatable bonds is 5. The van der Waals surface area contributed by atoms with Gasteiger partial charge in [-0.2, -0.15) is 0 Å². The summed E-state index contributed by atoms with van der Waals surface area (Å²) in [4.78, 5) is 14.5. The minimum atomic E-state index is -3.88. The summed E-state index contributed by atoms with van der Waals surface area (Å²) in [6.45, 7) is 0.000654. The molecule has 1 fully saturated rings. The Kier molecular flexibility index (Phi) is 5.73. The maximum absolute atomic E-state index is 12.5. The molecule has 2 aromatic carbocycles. The lowest BCUT2D eigenvalue weighted by molar-refractivity contribution is -0.130. The molecule has 1 saturated carbocycles. The van der Waals surface area contributed by atoms with Crippen molar-refractivity contribution in [3.63, 3.8) is 0 Å². The number of ether oxygens (including phenoxy) is 2. The number of sulfonamides is 1. The van der Waals surface area contributed by atoms with Gasteiger partial charge in [-0.25, -0.2) is 8.42 Å². The van der Waals surface area contributed by atoms with E-state index in [-0.39, 0.29) is 11.5 Å². The third-order valence-corrected chi connectivity index (χ3v) is 6.64. The molecule has 1 aliphatic carbocycles. The van der Waals surface area contributed by atoms with Gasteiger partial charge in [0, 0.05) is 0 Å². The van der Waals surface area contributed by atoms with Crippen LogP contribution < -0.4 is 19.7 Å². The Morgan fingerprint density at radius 2 is 1.62 bits per heavy atom. The van der Waals surface area contributed by atoms with Crippen molar-refractivity contribution in [3.05, 3.63) is 54.1 Å². The van der Waals surface area contributed by atoms with Gasteiger partial charge in [0.05, 0.1) is 4.90 Å². The summed E-state index contributed by atoms with van der Waals surface area (Å²) in [5, 5.41) is 0. The molecule has 2 aliphatic rings. The maximum atomic E-state index is 12.5. The average Bonchev–Trinajstić information content (AvgIpc) is 2.78. The third-order valence-electron chi connectivity index (χ3n) is 5.38. The first-order valence-electron chi connectivity index (χ1n) is 9.83. The van der Waals surface area contributed by atoms with Crippen molar-refractivity contribution in [3.8, 4) is 11.5 Å². The molecule has 8 heteroatoms. The average molecular weight is 416 g/mol. The molecule has 2 aromatic rings. The van der Waals surface area contributed by atoms with E-state index in [4.69, 9.17) is 9.47 Å². The number of para-hydroxylation sites is 2. The first-order valence-corrected chi connectivity index (χ1v) is 11.3. The molecule has 7 nitrogen and oxygen atoms in total. The summed E-state index contributed by atoms with van der Waals surface area (Å²) in [6.07, 6.45) is 5.06. The molecule has 4 rings (SSSR count). The highest BCUT2D eigenvalue weighted by Crippen LogP contribution is 2.33. The van der Waals surface area contributed by atoms with Gasteiger partial charge in [0.25, 0.3) is 15.9 Å². The van der Waals surface area contributed by atoms with Crippen LogP contribution in [0.25, 0.3) is 0 Å². The molecular formula is C21H24N2O5S. The van der Waals surface area contributed by atoms with Crippen molar-refractivity contribution in [2.45, 2.75) is 49.0 Å². The Hall–Kier alpha value is -2.58. The number of amides is 1. The lowest BCUT2D eigenvalue weighted by Crippen LogP contribution is -2.50. The van der Waals surface area contributed by atoms with Crippen molar-refractivity contribution in [2.24, 2.45) is 0 Å². The fourth-order valence-corrected chi connectivity index (χ4v) is 4.61. The molecule has 0 aromatic heterocycles. The molecule has 154 valence electrons. The van der Waals surface area contributed by atoms with Gasteiger partial charge in [-0.3, -0.25) is 10.2 Å². The predicted molar refractivity (Wildman–Crippen MR) is 107 cm³/mol. The molecule has 1 aliphatic heterocycles. The lowest BCUT2D eigenvalue weighted by atomic mass is 9.84. The zero-order valence-electron chi connectivity index (χ0n) is 16.0. The zero-order valence-corrected chi connectivity index (χ0v) is 16.8. The van der Waals surface area contributed by atoms with Crippen LogP contribution in [0.15, 0.2) is 53.4 Å². The fraction of sp³-hybridized carbons (Fsp3) is 0.381. The molecule has 0 saturated heterocycles. The van der Waals surface area contributed by atoms with Crippen LogP contribution in [-0.2, 0) is 14.8 Å². The van der Waals surface area contributed by atoms with E-state index < -0.39 is 22.0 Å². The maximum Gasteiger partial charge on any atom is 0.279 e. The van der Waals surface area contributed by atoms with Crippen molar-refractivity contribution in [1.82, 2.24) is 10.3 Å². The summed E-state index contributed by atoms with van der Waals surface area (Å²) in [6, 6.07) is 13.9. The molecule has 2 N–H and O–H groups in total. The molecule has 0 spiro atoms. The number of hydrogen-bond donors (Lipinski definition) is 2. The second-order valence-electron chi connectivity index (χ2n) is 7.36. The van der Waals surface area contributed by atoms with Crippen molar-refractivity contribution >= 4 is 15.9 Å². The number of hydrazine groups is 1. The Morgan fingerprint density at radius 1 is 0.931 bits per heavy atom. The molecular weight excluding hydrogens is 392 g/mol. The molecule has 1 amide bonds. The van der Waals surface area contributed by atoms with Crippen LogP contribution in [0.4, 0.5) is 0 Å². The van der Waals surface area contributed by atoms with Crippen LogP contribution in [0.3, 0.4) is 0 Å². The van der Waals surface area contributed by atoms with Gasteiger partial charge in [-0.15, -0.1) is 4.83 Å². The van der Waals surface area contributed by atoms with Crippen LogP contribution >= 0.6 is 0 Å². The number of benzene rings is 2. The normalized spacial score (nSPS) is 19.5. The molecule has 1 heterocycles. The first-order chi connectivity index (χ1) is 14.0. The molecule has 0 radical (unpaired) electrons. The molecule has 29 heavy (non-hydrogen) atoms. The zero-order chi connectivity index (χ0) is 20.3. The summed E-state index contributed by atoms with van der Waals surface area (Å²) in [5.74, 6) is 0.872. The number of nitrogens with one attached hydrogen (secondary N) is 2. The van der Waals surface area contributed by atoms with Crippen LogP contribution in [-0.4, -0.2) is 27.0 Å². The van der Waals surface area contributed by atoms with Crippen LogP contribution in [0.2, 0.25) is 0 Å². The molecule has 0 unspecified atom stereocenters. The van der Waals surface area contributed by atoms with E-state index in [0.717, 1.165) is 12.8 Å². The van der Waals surface area contributed by atoms with Gasteiger partial charge in [0.15, 0.2) is 11.5 Å². The smallest absolute Gasteiger partial charge is 0.279 e. The van der Waals surface area contributed by atoms with Crippen molar-refractivity contribution in [1.29, 1.82) is 0 Å². The first kappa shape index (κ1) is 19.7. The van der Waals surface area contributed by atoms with Crippen LogP contribution in [0.5, 0.6) is 11.5 Å². The molecule has 1 atom stereocenters. The summed E-state index contributed by atoms with van der Waals surface area (Å²) >= 11 is 0. The lowest BCUT2D eigenvalue weighted by Gasteiger charge is -2.25. The van der Waals surface area contributed by atoms with Gasteiger partial charge in [0.1, 0.15) is 6.61 Å². The summed E-state index contributed by atoms with van der Waals surface area (Å²) < 4.78 is 36.1. The Balaban J connectivity index is 1.35. The highest BCUT2D eigenvalue weighted by molar-refractivity contribution is 7.89. The standard InChI is InChI=1S/C21H24N2O5S/c24-21(20-14-27-18-8-4-5-9-19(18)28-20)22-23-29(25,26)17-12-10-16(11-13-17)15-6-2-1-3-7-15/h4-5,8-13,15,20,23H,1-3,6-7,14H2,(H,22,24)/t20-/m1/s1. The van der Waals surface area contributed by atoms with E-state index in [9.17, 15) is 13.2 Å². The predicted octanol–water partition coefficient (Wildman–Crippen LogP) is 2.88. The fourth-order valence-electron chi connectivity index (χ4n) is 3.76. The van der Waals surface area contributed by atoms with Crippen LogP contribution in [0, 0.1) is 0 Å². The highest BCUT2D eigenvalue weighted by atomic mass is 32.2. The SMILES string of the molecule is O=C(NNS(=O)(=O)c1ccc(C2CCCCC2)cc1)[C@H]1COc2ccccc2O1. The topological polar surface area (TPSA) is 93.7 Å². The summed E-state index contributed by atoms with van der Waals surface area (Å²) in [5.41, 5.74) is 3.38. The van der Waals surface area contributed by atoms with Crippen molar-refractivity contribution in [2.75, 3.05) is 6.61 Å². The van der Waals surface area contributed by atoms with Crippen LogP contribution in [0.1, 0.15) is 43.6 Å². The number of hydrogen-bond acceptors (Lipinski definition) is 5. The van der Waals surface area contributed by atoms with Gasteiger partial charge in [0.2, 0.25) is 6.10 Å². The van der Waals surface area contributed by atoms with E-state index in [1.165, 1.54) is 24.8 Å². The minimum Gasteiger partial charge on any atom is -0.485 e. The number of fused-ring (bicyclic) bond motifs is 1.